The normalized spacial score (nSPS) is 18.8. The molecule has 1 saturated heterocycles. The first-order chi connectivity index (χ1) is 11.7. The summed E-state index contributed by atoms with van der Waals surface area (Å²) in [7, 11) is 0. The SMILES string of the molecule is O=C(CN1CCN(C(=O)c2cccc3cn[nH]c23)CC1)NC1CC1. The first-order valence-corrected chi connectivity index (χ1v) is 8.44. The van der Waals surface area contributed by atoms with Crippen LogP contribution in [0.1, 0.15) is 23.2 Å². The Morgan fingerprint density at radius 3 is 2.75 bits per heavy atom. The zero-order valence-corrected chi connectivity index (χ0v) is 13.5. The van der Waals surface area contributed by atoms with E-state index < -0.39 is 0 Å². The third-order valence-corrected chi connectivity index (χ3v) is 4.68. The minimum Gasteiger partial charge on any atom is -0.352 e. The van der Waals surface area contributed by atoms with Crippen LogP contribution in [0.25, 0.3) is 10.9 Å². The number of benzene rings is 1. The van der Waals surface area contributed by atoms with Crippen molar-refractivity contribution >= 4 is 22.7 Å². The van der Waals surface area contributed by atoms with E-state index in [1.807, 2.05) is 23.1 Å². The molecule has 7 nitrogen and oxygen atoms in total. The summed E-state index contributed by atoms with van der Waals surface area (Å²) in [6.45, 7) is 3.15. The predicted molar refractivity (Wildman–Crippen MR) is 89.6 cm³/mol. The van der Waals surface area contributed by atoms with Gasteiger partial charge < -0.3 is 10.2 Å². The van der Waals surface area contributed by atoms with Gasteiger partial charge in [0.15, 0.2) is 0 Å². The summed E-state index contributed by atoms with van der Waals surface area (Å²) >= 11 is 0. The molecule has 2 heterocycles. The number of para-hydroxylation sites is 1. The number of nitrogens with zero attached hydrogens (tertiary/aromatic N) is 3. The molecule has 1 aliphatic carbocycles. The Labute approximate surface area is 140 Å². The van der Waals surface area contributed by atoms with Crippen LogP contribution in [0.15, 0.2) is 24.4 Å². The summed E-state index contributed by atoms with van der Waals surface area (Å²) in [6, 6.07) is 6.05. The summed E-state index contributed by atoms with van der Waals surface area (Å²) in [5.74, 6) is 0.117. The summed E-state index contributed by atoms with van der Waals surface area (Å²) < 4.78 is 0. The quantitative estimate of drug-likeness (QED) is 0.862. The zero-order valence-electron chi connectivity index (χ0n) is 13.5. The van der Waals surface area contributed by atoms with E-state index >= 15 is 0 Å². The lowest BCUT2D eigenvalue weighted by atomic mass is 10.1. The maximum absolute atomic E-state index is 12.8. The van der Waals surface area contributed by atoms with Gasteiger partial charge in [0.25, 0.3) is 5.91 Å². The molecule has 2 N–H and O–H groups in total. The maximum atomic E-state index is 12.8. The molecule has 0 bridgehead atoms. The number of nitrogens with one attached hydrogen (secondary N) is 2. The summed E-state index contributed by atoms with van der Waals surface area (Å²) in [6.07, 6.45) is 3.93. The fourth-order valence-electron chi connectivity index (χ4n) is 3.13. The van der Waals surface area contributed by atoms with Crippen LogP contribution in [-0.4, -0.2) is 70.6 Å². The average Bonchev–Trinajstić information content (AvgIpc) is 3.26. The standard InChI is InChI=1S/C17H21N5O2/c23-15(19-13-4-5-13)11-21-6-8-22(9-7-21)17(24)14-3-1-2-12-10-18-20-16(12)14/h1-3,10,13H,4-9,11H2,(H,18,20)(H,19,23). The second-order valence-electron chi connectivity index (χ2n) is 6.55. The Morgan fingerprint density at radius 1 is 1.21 bits per heavy atom. The van der Waals surface area contributed by atoms with Crippen molar-refractivity contribution in [1.82, 2.24) is 25.3 Å². The van der Waals surface area contributed by atoms with E-state index in [1.54, 1.807) is 6.20 Å². The van der Waals surface area contributed by atoms with E-state index in [1.165, 1.54) is 0 Å². The van der Waals surface area contributed by atoms with E-state index in [-0.39, 0.29) is 11.8 Å². The highest BCUT2D eigenvalue weighted by Crippen LogP contribution is 2.19. The van der Waals surface area contributed by atoms with Crippen LogP contribution in [0.4, 0.5) is 0 Å². The van der Waals surface area contributed by atoms with Gasteiger partial charge in [-0.25, -0.2) is 0 Å². The molecular formula is C17H21N5O2. The van der Waals surface area contributed by atoms with E-state index in [0.717, 1.165) is 36.8 Å². The Balaban J connectivity index is 1.36. The minimum absolute atomic E-state index is 0.0203. The van der Waals surface area contributed by atoms with Crippen molar-refractivity contribution in [3.05, 3.63) is 30.0 Å². The number of aromatic amines is 1. The molecular weight excluding hydrogens is 306 g/mol. The molecule has 1 aromatic heterocycles. The predicted octanol–water partition coefficient (Wildman–Crippen LogP) is 0.599. The van der Waals surface area contributed by atoms with Gasteiger partial charge in [0, 0.05) is 37.6 Å². The molecule has 0 unspecified atom stereocenters. The van der Waals surface area contributed by atoms with Gasteiger partial charge in [-0.15, -0.1) is 0 Å². The van der Waals surface area contributed by atoms with Crippen LogP contribution in [0.2, 0.25) is 0 Å². The Hall–Kier alpha value is -2.41. The van der Waals surface area contributed by atoms with Crippen LogP contribution in [-0.2, 0) is 4.79 Å². The lowest BCUT2D eigenvalue weighted by Gasteiger charge is -2.34. The minimum atomic E-state index is 0.0203. The highest BCUT2D eigenvalue weighted by molar-refractivity contribution is 6.05. The number of carbonyl (C=O) groups is 2. The molecule has 2 amide bonds. The van der Waals surface area contributed by atoms with Gasteiger partial charge in [0.1, 0.15) is 0 Å². The summed E-state index contributed by atoms with van der Waals surface area (Å²) in [4.78, 5) is 28.6. The lowest BCUT2D eigenvalue weighted by Crippen LogP contribution is -2.51. The molecule has 2 aromatic rings. The molecule has 1 saturated carbocycles. The van der Waals surface area contributed by atoms with Gasteiger partial charge in [-0.3, -0.25) is 19.6 Å². The van der Waals surface area contributed by atoms with Crippen LogP contribution >= 0.6 is 0 Å². The monoisotopic (exact) mass is 327 g/mol. The van der Waals surface area contributed by atoms with Crippen LogP contribution in [0.5, 0.6) is 0 Å². The van der Waals surface area contributed by atoms with Crippen molar-refractivity contribution in [1.29, 1.82) is 0 Å². The molecule has 0 atom stereocenters. The average molecular weight is 327 g/mol. The van der Waals surface area contributed by atoms with Crippen molar-refractivity contribution < 1.29 is 9.59 Å². The molecule has 4 rings (SSSR count). The van der Waals surface area contributed by atoms with Gasteiger partial charge in [0.2, 0.25) is 5.91 Å². The second kappa shape index (κ2) is 6.24. The van der Waals surface area contributed by atoms with Gasteiger partial charge in [-0.05, 0) is 18.9 Å². The van der Waals surface area contributed by atoms with E-state index in [9.17, 15) is 9.59 Å². The number of fused-ring (bicyclic) bond motifs is 1. The number of aromatic nitrogens is 2. The largest absolute Gasteiger partial charge is 0.352 e. The number of rotatable bonds is 4. The highest BCUT2D eigenvalue weighted by atomic mass is 16.2. The number of hydrogen-bond acceptors (Lipinski definition) is 4. The number of amides is 2. The van der Waals surface area contributed by atoms with Crippen LogP contribution in [0, 0.1) is 0 Å². The Morgan fingerprint density at radius 2 is 2.00 bits per heavy atom. The highest BCUT2D eigenvalue weighted by Gasteiger charge is 2.27. The molecule has 0 spiro atoms. The third-order valence-electron chi connectivity index (χ3n) is 4.68. The number of carbonyl (C=O) groups excluding carboxylic acids is 2. The Kier molecular flexibility index (Phi) is 3.93. The lowest BCUT2D eigenvalue weighted by molar-refractivity contribution is -0.122. The molecule has 0 radical (unpaired) electrons. The summed E-state index contributed by atoms with van der Waals surface area (Å²) in [5.41, 5.74) is 1.44. The molecule has 24 heavy (non-hydrogen) atoms. The zero-order chi connectivity index (χ0) is 16.5. The molecule has 126 valence electrons. The van der Waals surface area contributed by atoms with Crippen LogP contribution in [0.3, 0.4) is 0 Å². The van der Waals surface area contributed by atoms with E-state index in [2.05, 4.69) is 20.4 Å². The molecule has 7 heteroatoms. The van der Waals surface area contributed by atoms with Gasteiger partial charge >= 0.3 is 0 Å². The number of piperazine rings is 1. The van der Waals surface area contributed by atoms with Gasteiger partial charge in [-0.1, -0.05) is 12.1 Å². The van der Waals surface area contributed by atoms with E-state index in [0.29, 0.717) is 31.2 Å². The van der Waals surface area contributed by atoms with Crippen molar-refractivity contribution in [3.8, 4) is 0 Å². The topological polar surface area (TPSA) is 81.3 Å². The van der Waals surface area contributed by atoms with E-state index in [4.69, 9.17) is 0 Å². The third kappa shape index (κ3) is 3.12. The van der Waals surface area contributed by atoms with Crippen LogP contribution < -0.4 is 5.32 Å². The smallest absolute Gasteiger partial charge is 0.256 e. The molecule has 2 aliphatic rings. The first kappa shape index (κ1) is 15.1. The van der Waals surface area contributed by atoms with Crippen molar-refractivity contribution in [2.45, 2.75) is 18.9 Å². The number of hydrogen-bond donors (Lipinski definition) is 2. The second-order valence-corrected chi connectivity index (χ2v) is 6.55. The fraction of sp³-hybridized carbons (Fsp3) is 0.471. The van der Waals surface area contributed by atoms with Crippen molar-refractivity contribution in [2.24, 2.45) is 0 Å². The van der Waals surface area contributed by atoms with Gasteiger partial charge in [-0.2, -0.15) is 5.10 Å². The summed E-state index contributed by atoms with van der Waals surface area (Å²) in [5, 5.41) is 10.9. The Bertz CT molecular complexity index is 759. The van der Waals surface area contributed by atoms with Gasteiger partial charge in [0.05, 0.1) is 23.8 Å². The maximum Gasteiger partial charge on any atom is 0.256 e. The molecule has 1 aliphatic heterocycles. The molecule has 1 aromatic carbocycles. The van der Waals surface area contributed by atoms with Crippen molar-refractivity contribution in [2.75, 3.05) is 32.7 Å². The number of H-pyrrole nitrogens is 1. The first-order valence-electron chi connectivity index (χ1n) is 8.44. The fourth-order valence-corrected chi connectivity index (χ4v) is 3.13. The van der Waals surface area contributed by atoms with Crippen molar-refractivity contribution in [3.63, 3.8) is 0 Å². The molecule has 2 fully saturated rings.